The zero-order valence-corrected chi connectivity index (χ0v) is 14.4. The van der Waals surface area contributed by atoms with E-state index >= 15 is 0 Å². The lowest BCUT2D eigenvalue weighted by Crippen LogP contribution is -2.19. The minimum atomic E-state index is -0.759. The van der Waals surface area contributed by atoms with E-state index in [1.165, 1.54) is 21.8 Å². The van der Waals surface area contributed by atoms with Crippen molar-refractivity contribution in [2.75, 3.05) is 6.61 Å². The Morgan fingerprint density at radius 1 is 1.39 bits per heavy atom. The summed E-state index contributed by atoms with van der Waals surface area (Å²) >= 11 is 13.3. The highest BCUT2D eigenvalue weighted by Crippen LogP contribution is 2.33. The molecule has 120 valence electrons. The van der Waals surface area contributed by atoms with Crippen LogP contribution in [0.3, 0.4) is 0 Å². The normalized spacial score (nSPS) is 11.3. The number of thiazole rings is 1. The molecule has 0 aliphatic carbocycles. The number of pyridine rings is 1. The number of aryl methyl sites for hydroxylation is 1. The Kier molecular flexibility index (Phi) is 4.08. The zero-order valence-electron chi connectivity index (χ0n) is 12.1. The van der Waals surface area contributed by atoms with Crippen LogP contribution in [0.5, 0.6) is 0 Å². The van der Waals surface area contributed by atoms with Gasteiger partial charge in [0.25, 0.3) is 0 Å². The number of aromatic nitrogens is 1. The molecule has 0 bridgehead atoms. The number of fused-ring (bicyclic) bond motifs is 3. The lowest BCUT2D eigenvalue weighted by Gasteiger charge is -2.09. The first-order valence-corrected chi connectivity index (χ1v) is 8.23. The molecular weight excluding hydrogens is 364 g/mol. The van der Waals surface area contributed by atoms with E-state index < -0.39 is 17.2 Å². The fraction of sp³-hybridized carbons (Fsp3) is 0.200. The number of rotatable bonds is 2. The van der Waals surface area contributed by atoms with Crippen molar-refractivity contribution in [3.63, 3.8) is 0 Å². The molecule has 0 aliphatic heterocycles. The van der Waals surface area contributed by atoms with Crippen LogP contribution in [-0.4, -0.2) is 17.0 Å². The molecule has 0 fully saturated rings. The first-order valence-electron chi connectivity index (χ1n) is 6.66. The molecule has 23 heavy (non-hydrogen) atoms. The van der Waals surface area contributed by atoms with Crippen LogP contribution in [0.4, 0.5) is 4.39 Å². The molecule has 4 nitrogen and oxygen atoms in total. The van der Waals surface area contributed by atoms with Gasteiger partial charge in [0.1, 0.15) is 21.4 Å². The molecule has 2 aromatic heterocycles. The maximum atomic E-state index is 13.8. The van der Waals surface area contributed by atoms with Crippen molar-refractivity contribution in [1.29, 1.82) is 0 Å². The van der Waals surface area contributed by atoms with Gasteiger partial charge in [-0.2, -0.15) is 0 Å². The third kappa shape index (κ3) is 2.41. The highest BCUT2D eigenvalue weighted by molar-refractivity contribution is 7.18. The number of halogens is 3. The third-order valence-corrected chi connectivity index (χ3v) is 5.32. The number of nitrogens with zero attached hydrogens (tertiary/aromatic N) is 1. The van der Waals surface area contributed by atoms with Gasteiger partial charge in [-0.25, -0.2) is 9.18 Å². The van der Waals surface area contributed by atoms with E-state index in [2.05, 4.69) is 0 Å². The minimum absolute atomic E-state index is 0.0205. The molecular formula is C15H10Cl2FNO3S. The molecule has 0 spiro atoms. The number of benzene rings is 1. The SMILES string of the molecule is CCOC(=O)c1c(=O)c2cc(F)c(Cl)cc2n2c(Cl)c(C)sc12. The van der Waals surface area contributed by atoms with Gasteiger partial charge in [-0.15, -0.1) is 11.3 Å². The van der Waals surface area contributed by atoms with E-state index in [0.29, 0.717) is 20.4 Å². The van der Waals surface area contributed by atoms with Crippen molar-refractivity contribution in [3.05, 3.63) is 48.8 Å². The van der Waals surface area contributed by atoms with Gasteiger partial charge in [0.15, 0.2) is 0 Å². The summed E-state index contributed by atoms with van der Waals surface area (Å²) < 4.78 is 20.3. The zero-order chi connectivity index (χ0) is 16.9. The van der Waals surface area contributed by atoms with E-state index in [1.54, 1.807) is 13.8 Å². The second-order valence-corrected chi connectivity index (χ2v) is 6.77. The molecule has 3 rings (SSSR count). The van der Waals surface area contributed by atoms with Gasteiger partial charge in [0, 0.05) is 4.88 Å². The lowest BCUT2D eigenvalue weighted by atomic mass is 10.1. The van der Waals surface area contributed by atoms with Gasteiger partial charge in [0.2, 0.25) is 5.43 Å². The van der Waals surface area contributed by atoms with Crippen LogP contribution >= 0.6 is 34.5 Å². The summed E-state index contributed by atoms with van der Waals surface area (Å²) in [4.78, 5) is 26.0. The van der Waals surface area contributed by atoms with Crippen LogP contribution in [0.1, 0.15) is 22.2 Å². The van der Waals surface area contributed by atoms with Crippen LogP contribution in [0, 0.1) is 12.7 Å². The fourth-order valence-electron chi connectivity index (χ4n) is 2.38. The molecule has 0 radical (unpaired) electrons. The number of ether oxygens (including phenoxy) is 1. The topological polar surface area (TPSA) is 47.8 Å². The van der Waals surface area contributed by atoms with Gasteiger partial charge in [-0.3, -0.25) is 9.20 Å². The lowest BCUT2D eigenvalue weighted by molar-refractivity contribution is 0.0527. The summed E-state index contributed by atoms with van der Waals surface area (Å²) in [6.45, 7) is 3.52. The van der Waals surface area contributed by atoms with Crippen LogP contribution in [0.15, 0.2) is 16.9 Å². The summed E-state index contributed by atoms with van der Waals surface area (Å²) in [6, 6.07) is 2.34. The van der Waals surface area contributed by atoms with Gasteiger partial charge in [-0.05, 0) is 26.0 Å². The highest BCUT2D eigenvalue weighted by Gasteiger charge is 2.24. The second-order valence-electron chi connectivity index (χ2n) is 4.80. The number of esters is 1. The van der Waals surface area contributed by atoms with Crippen molar-refractivity contribution in [3.8, 4) is 0 Å². The molecule has 0 amide bonds. The van der Waals surface area contributed by atoms with E-state index in [1.807, 2.05) is 0 Å². The predicted molar refractivity (Wildman–Crippen MR) is 89.7 cm³/mol. The minimum Gasteiger partial charge on any atom is -0.462 e. The Bertz CT molecular complexity index is 1030. The maximum Gasteiger partial charge on any atom is 0.345 e. The maximum absolute atomic E-state index is 13.8. The molecule has 8 heteroatoms. The van der Waals surface area contributed by atoms with Crippen LogP contribution in [-0.2, 0) is 4.74 Å². The Morgan fingerprint density at radius 3 is 2.74 bits per heavy atom. The average Bonchev–Trinajstić information content (AvgIpc) is 2.77. The number of carbonyl (C=O) groups excluding carboxylic acids is 1. The Balaban J connectivity index is 2.59. The molecule has 0 aliphatic rings. The summed E-state index contributed by atoms with van der Waals surface area (Å²) in [7, 11) is 0. The number of hydrogen-bond acceptors (Lipinski definition) is 4. The molecule has 0 atom stereocenters. The van der Waals surface area contributed by atoms with Crippen molar-refractivity contribution >= 4 is 56.2 Å². The van der Waals surface area contributed by atoms with Crippen LogP contribution < -0.4 is 5.43 Å². The smallest absolute Gasteiger partial charge is 0.345 e. The summed E-state index contributed by atoms with van der Waals surface area (Å²) in [6.07, 6.45) is 0. The Labute approximate surface area is 144 Å². The first kappa shape index (κ1) is 16.2. The first-order chi connectivity index (χ1) is 10.9. The summed E-state index contributed by atoms with van der Waals surface area (Å²) in [5, 5.41) is 0.227. The van der Waals surface area contributed by atoms with Crippen molar-refractivity contribution in [1.82, 2.24) is 4.40 Å². The van der Waals surface area contributed by atoms with Gasteiger partial charge in [-0.1, -0.05) is 23.2 Å². The third-order valence-electron chi connectivity index (χ3n) is 3.38. The quantitative estimate of drug-likeness (QED) is 0.623. The van der Waals surface area contributed by atoms with E-state index in [0.717, 1.165) is 6.07 Å². The van der Waals surface area contributed by atoms with Gasteiger partial charge in [0.05, 0.1) is 22.5 Å². The fourth-order valence-corrected chi connectivity index (χ4v) is 3.90. The molecule has 1 aromatic carbocycles. The Morgan fingerprint density at radius 2 is 2.09 bits per heavy atom. The monoisotopic (exact) mass is 373 g/mol. The largest absolute Gasteiger partial charge is 0.462 e. The van der Waals surface area contributed by atoms with Gasteiger partial charge >= 0.3 is 5.97 Å². The molecule has 0 unspecified atom stereocenters. The van der Waals surface area contributed by atoms with E-state index in [9.17, 15) is 14.0 Å². The van der Waals surface area contributed by atoms with Crippen molar-refractivity contribution in [2.45, 2.75) is 13.8 Å². The average molecular weight is 374 g/mol. The number of carbonyl (C=O) groups is 1. The molecule has 0 saturated heterocycles. The number of hydrogen-bond donors (Lipinski definition) is 0. The molecule has 2 heterocycles. The highest BCUT2D eigenvalue weighted by atomic mass is 35.5. The standard InChI is InChI=1S/C15H10Cl2FNO3S/c1-3-22-15(21)11-12(20)7-4-9(18)8(16)5-10(7)19-13(17)6(2)23-14(11)19/h4-5H,3H2,1-2H3. The van der Waals surface area contributed by atoms with Crippen molar-refractivity contribution in [2.24, 2.45) is 0 Å². The van der Waals surface area contributed by atoms with Crippen LogP contribution in [0.25, 0.3) is 15.7 Å². The van der Waals surface area contributed by atoms with Gasteiger partial charge < -0.3 is 4.74 Å². The van der Waals surface area contributed by atoms with Crippen LogP contribution in [0.2, 0.25) is 10.2 Å². The predicted octanol–water partition coefficient (Wildman–Crippen LogP) is 4.45. The summed E-state index contributed by atoms with van der Waals surface area (Å²) in [5.41, 5.74) is -0.410. The summed E-state index contributed by atoms with van der Waals surface area (Å²) in [5.74, 6) is -1.50. The van der Waals surface area contributed by atoms with E-state index in [4.69, 9.17) is 27.9 Å². The van der Waals surface area contributed by atoms with E-state index in [-0.39, 0.29) is 22.6 Å². The molecule has 3 aromatic rings. The molecule has 0 saturated carbocycles. The molecule has 0 N–H and O–H groups in total. The van der Waals surface area contributed by atoms with Crippen molar-refractivity contribution < 1.29 is 13.9 Å². The second kappa shape index (κ2) is 5.78. The Hall–Kier alpha value is -1.63.